The first-order valence-electron chi connectivity index (χ1n) is 8.43. The second-order valence-corrected chi connectivity index (χ2v) is 6.40. The minimum Gasteiger partial charge on any atom is -0.467 e. The predicted octanol–water partition coefficient (Wildman–Crippen LogP) is 4.49. The van der Waals surface area contributed by atoms with E-state index in [1.807, 2.05) is 30.3 Å². The number of carbonyl (C=O) groups is 1. The van der Waals surface area contributed by atoms with Gasteiger partial charge in [0.15, 0.2) is 0 Å². The fourth-order valence-corrected chi connectivity index (χ4v) is 2.83. The van der Waals surface area contributed by atoms with Crippen LogP contribution in [0.15, 0.2) is 65.3 Å². The normalized spacial score (nSPS) is 10.6. The number of hydrogen-bond acceptors (Lipinski definition) is 5. The number of nitrogens with one attached hydrogen (secondary N) is 1. The van der Waals surface area contributed by atoms with E-state index in [1.165, 1.54) is 12.1 Å². The summed E-state index contributed by atoms with van der Waals surface area (Å²) in [6, 6.07) is 15.0. The maximum absolute atomic E-state index is 12.3. The average Bonchev–Trinajstić information content (AvgIpc) is 3.20. The second kappa shape index (κ2) is 9.16. The SMILES string of the molecule is O=C(NCc1cccc(COCc2ccco2)c1)c1ccc([N+](=O)[O-])cc1Cl. The van der Waals surface area contributed by atoms with Crippen LogP contribution in [-0.4, -0.2) is 10.8 Å². The third kappa shape index (κ3) is 5.18. The summed E-state index contributed by atoms with van der Waals surface area (Å²) in [6.45, 7) is 1.08. The van der Waals surface area contributed by atoms with Gasteiger partial charge in [0.2, 0.25) is 0 Å². The highest BCUT2D eigenvalue weighted by Gasteiger charge is 2.14. The van der Waals surface area contributed by atoms with Crippen molar-refractivity contribution in [1.82, 2.24) is 5.32 Å². The van der Waals surface area contributed by atoms with Crippen LogP contribution in [0, 0.1) is 10.1 Å². The van der Waals surface area contributed by atoms with Crippen molar-refractivity contribution in [2.24, 2.45) is 0 Å². The van der Waals surface area contributed by atoms with Crippen molar-refractivity contribution in [2.75, 3.05) is 0 Å². The number of hydrogen-bond donors (Lipinski definition) is 1. The van der Waals surface area contributed by atoms with Crippen LogP contribution in [0.2, 0.25) is 5.02 Å². The van der Waals surface area contributed by atoms with Crippen molar-refractivity contribution < 1.29 is 18.9 Å². The first-order chi connectivity index (χ1) is 13.5. The maximum atomic E-state index is 12.3. The van der Waals surface area contributed by atoms with E-state index in [0.29, 0.717) is 13.2 Å². The van der Waals surface area contributed by atoms with E-state index in [0.717, 1.165) is 23.0 Å². The lowest BCUT2D eigenvalue weighted by Crippen LogP contribution is -2.23. The van der Waals surface area contributed by atoms with E-state index >= 15 is 0 Å². The Kier molecular flexibility index (Phi) is 6.41. The largest absolute Gasteiger partial charge is 0.467 e. The van der Waals surface area contributed by atoms with Gasteiger partial charge >= 0.3 is 0 Å². The highest BCUT2D eigenvalue weighted by atomic mass is 35.5. The molecule has 0 bridgehead atoms. The number of benzene rings is 2. The van der Waals surface area contributed by atoms with E-state index in [1.54, 1.807) is 12.3 Å². The second-order valence-electron chi connectivity index (χ2n) is 6.00. The number of rotatable bonds is 8. The van der Waals surface area contributed by atoms with Gasteiger partial charge in [-0.3, -0.25) is 14.9 Å². The van der Waals surface area contributed by atoms with E-state index in [2.05, 4.69) is 5.32 Å². The van der Waals surface area contributed by atoms with Crippen molar-refractivity contribution in [3.63, 3.8) is 0 Å². The zero-order valence-electron chi connectivity index (χ0n) is 14.8. The monoisotopic (exact) mass is 400 g/mol. The molecule has 3 aromatic rings. The van der Waals surface area contributed by atoms with E-state index in [-0.39, 0.29) is 22.8 Å². The predicted molar refractivity (Wildman–Crippen MR) is 103 cm³/mol. The maximum Gasteiger partial charge on any atom is 0.270 e. The number of non-ortho nitro benzene ring substituents is 1. The molecule has 0 atom stereocenters. The number of nitrogens with zero attached hydrogens (tertiary/aromatic N) is 1. The zero-order valence-corrected chi connectivity index (χ0v) is 15.5. The van der Waals surface area contributed by atoms with Gasteiger partial charge in [0, 0.05) is 18.7 Å². The first-order valence-corrected chi connectivity index (χ1v) is 8.81. The molecule has 0 radical (unpaired) electrons. The Morgan fingerprint density at radius 1 is 1.11 bits per heavy atom. The molecule has 28 heavy (non-hydrogen) atoms. The summed E-state index contributed by atoms with van der Waals surface area (Å²) in [4.78, 5) is 22.5. The van der Waals surface area contributed by atoms with Gasteiger partial charge in [-0.2, -0.15) is 0 Å². The molecule has 0 spiro atoms. The summed E-state index contributed by atoms with van der Waals surface area (Å²) in [5.41, 5.74) is 1.88. The molecule has 0 aliphatic rings. The smallest absolute Gasteiger partial charge is 0.270 e. The number of ether oxygens (including phenoxy) is 1. The lowest BCUT2D eigenvalue weighted by molar-refractivity contribution is -0.384. The molecule has 0 unspecified atom stereocenters. The lowest BCUT2D eigenvalue weighted by Gasteiger charge is -2.09. The van der Waals surface area contributed by atoms with Crippen LogP contribution in [-0.2, 0) is 24.5 Å². The zero-order chi connectivity index (χ0) is 19.9. The molecular formula is C20H17ClN2O5. The summed E-state index contributed by atoms with van der Waals surface area (Å²) in [5, 5.41) is 13.5. The molecule has 0 aliphatic heterocycles. The molecule has 3 rings (SSSR count). The fourth-order valence-electron chi connectivity index (χ4n) is 2.57. The van der Waals surface area contributed by atoms with Crippen molar-refractivity contribution >= 4 is 23.2 Å². The fraction of sp³-hybridized carbons (Fsp3) is 0.150. The quantitative estimate of drug-likeness (QED) is 0.444. The molecule has 0 aliphatic carbocycles. The van der Waals surface area contributed by atoms with E-state index < -0.39 is 10.8 Å². The van der Waals surface area contributed by atoms with E-state index in [9.17, 15) is 14.9 Å². The van der Waals surface area contributed by atoms with Crippen molar-refractivity contribution in [1.29, 1.82) is 0 Å². The summed E-state index contributed by atoms with van der Waals surface area (Å²) in [5.74, 6) is 0.350. The summed E-state index contributed by atoms with van der Waals surface area (Å²) in [7, 11) is 0. The topological polar surface area (TPSA) is 94.6 Å². The molecule has 1 N–H and O–H groups in total. The Morgan fingerprint density at radius 2 is 1.93 bits per heavy atom. The highest BCUT2D eigenvalue weighted by Crippen LogP contribution is 2.22. The minimum absolute atomic E-state index is 0.0341. The molecule has 0 fully saturated rings. The molecule has 7 nitrogen and oxygen atoms in total. The van der Waals surface area contributed by atoms with Gasteiger partial charge < -0.3 is 14.5 Å². The molecule has 1 heterocycles. The van der Waals surface area contributed by atoms with Crippen LogP contribution < -0.4 is 5.32 Å². The molecule has 8 heteroatoms. The average molecular weight is 401 g/mol. The number of nitro benzene ring substituents is 1. The summed E-state index contributed by atoms with van der Waals surface area (Å²) < 4.78 is 10.8. The lowest BCUT2D eigenvalue weighted by atomic mass is 10.1. The number of furan rings is 1. The molecule has 1 amide bonds. The molecule has 0 saturated heterocycles. The van der Waals surface area contributed by atoms with Crippen LogP contribution in [0.5, 0.6) is 0 Å². The van der Waals surface area contributed by atoms with Crippen LogP contribution >= 0.6 is 11.6 Å². The van der Waals surface area contributed by atoms with Gasteiger partial charge in [-0.1, -0.05) is 35.9 Å². The Bertz CT molecular complexity index is 972. The van der Waals surface area contributed by atoms with Crippen LogP contribution in [0.4, 0.5) is 5.69 Å². The van der Waals surface area contributed by atoms with E-state index in [4.69, 9.17) is 20.8 Å². The van der Waals surface area contributed by atoms with Gasteiger partial charge in [-0.15, -0.1) is 0 Å². The molecule has 2 aromatic carbocycles. The number of carbonyl (C=O) groups excluding carboxylic acids is 1. The molecule has 144 valence electrons. The molecular weight excluding hydrogens is 384 g/mol. The Hall–Kier alpha value is -3.16. The third-order valence-corrected chi connectivity index (χ3v) is 4.26. The van der Waals surface area contributed by atoms with Crippen LogP contribution in [0.25, 0.3) is 0 Å². The van der Waals surface area contributed by atoms with Gasteiger partial charge in [-0.05, 0) is 29.3 Å². The number of amides is 1. The van der Waals surface area contributed by atoms with Crippen molar-refractivity contribution in [3.05, 3.63) is 98.4 Å². The van der Waals surface area contributed by atoms with Gasteiger partial charge in [0.05, 0.1) is 28.4 Å². The molecule has 0 saturated carbocycles. The Balaban J connectivity index is 1.55. The highest BCUT2D eigenvalue weighted by molar-refractivity contribution is 6.34. The number of halogens is 1. The van der Waals surface area contributed by atoms with Crippen molar-refractivity contribution in [3.8, 4) is 0 Å². The van der Waals surface area contributed by atoms with Gasteiger partial charge in [-0.25, -0.2) is 0 Å². The molecule has 1 aromatic heterocycles. The van der Waals surface area contributed by atoms with Gasteiger partial charge in [0.1, 0.15) is 12.4 Å². The summed E-state index contributed by atoms with van der Waals surface area (Å²) >= 11 is 5.99. The Labute approximate surface area is 166 Å². The number of nitro groups is 1. The summed E-state index contributed by atoms with van der Waals surface area (Å²) in [6.07, 6.45) is 1.60. The third-order valence-electron chi connectivity index (χ3n) is 3.95. The Morgan fingerprint density at radius 3 is 2.64 bits per heavy atom. The van der Waals surface area contributed by atoms with Crippen LogP contribution in [0.1, 0.15) is 27.2 Å². The van der Waals surface area contributed by atoms with Gasteiger partial charge in [0.25, 0.3) is 11.6 Å². The standard InChI is InChI=1S/C20H17ClN2O5/c21-19-10-16(23(25)26)6-7-18(19)20(24)22-11-14-3-1-4-15(9-14)12-27-13-17-5-2-8-28-17/h1-10H,11-13H2,(H,22,24). The minimum atomic E-state index is -0.562. The van der Waals surface area contributed by atoms with Crippen molar-refractivity contribution in [2.45, 2.75) is 19.8 Å². The van der Waals surface area contributed by atoms with Crippen LogP contribution in [0.3, 0.4) is 0 Å². The first kappa shape index (κ1) is 19.6.